The second-order valence-electron chi connectivity index (χ2n) is 7.68. The summed E-state index contributed by atoms with van der Waals surface area (Å²) >= 11 is 3.61. The maximum atomic E-state index is 4.99. The zero-order valence-corrected chi connectivity index (χ0v) is 19.5. The van der Waals surface area contributed by atoms with E-state index < -0.39 is 0 Å². The molecule has 1 aromatic carbocycles. The van der Waals surface area contributed by atoms with E-state index in [-0.39, 0.29) is 0 Å². The molecule has 0 spiro atoms. The summed E-state index contributed by atoms with van der Waals surface area (Å²) in [6.07, 6.45) is 10.2. The highest BCUT2D eigenvalue weighted by atomic mass is 79.9. The molecule has 0 radical (unpaired) electrons. The van der Waals surface area contributed by atoms with Crippen LogP contribution in [0.25, 0.3) is 5.65 Å². The topological polar surface area (TPSA) is 67.1 Å². The molecule has 3 heterocycles. The molecule has 4 aromatic rings. The van der Waals surface area contributed by atoms with Crippen LogP contribution in [-0.4, -0.2) is 26.1 Å². The summed E-state index contributed by atoms with van der Waals surface area (Å²) in [6, 6.07) is 16.8. The first-order chi connectivity index (χ1) is 15.7. The second kappa shape index (κ2) is 10.9. The number of benzene rings is 1. The van der Waals surface area contributed by atoms with Crippen LogP contribution in [0.15, 0.2) is 84.4 Å². The van der Waals surface area contributed by atoms with Gasteiger partial charge in [0.2, 0.25) is 0 Å². The van der Waals surface area contributed by atoms with Crippen LogP contribution >= 0.6 is 15.9 Å². The fourth-order valence-corrected chi connectivity index (χ4v) is 4.12. The Kier molecular flexibility index (Phi) is 7.51. The largest absolute Gasteiger partial charge is 0.391 e. The maximum Gasteiger partial charge on any atom is 0.171 e. The number of anilines is 1. The highest BCUT2D eigenvalue weighted by molar-refractivity contribution is 9.10. The molecule has 0 saturated heterocycles. The van der Waals surface area contributed by atoms with Gasteiger partial charge in [-0.15, -0.1) is 0 Å². The predicted octanol–water partition coefficient (Wildman–Crippen LogP) is 5.34. The van der Waals surface area contributed by atoms with Crippen LogP contribution in [0.5, 0.6) is 0 Å². The van der Waals surface area contributed by atoms with Crippen LogP contribution in [-0.2, 0) is 13.0 Å². The number of aryl methyl sites for hydroxylation is 1. The van der Waals surface area contributed by atoms with Gasteiger partial charge in [-0.2, -0.15) is 9.61 Å². The third-order valence-electron chi connectivity index (χ3n) is 5.47. The smallest absolute Gasteiger partial charge is 0.171 e. The molecule has 0 fully saturated rings. The number of nitrogens with one attached hydrogen (secondary N) is 2. The van der Waals surface area contributed by atoms with Gasteiger partial charge in [0.15, 0.2) is 5.65 Å². The Morgan fingerprint density at radius 2 is 1.91 bits per heavy atom. The summed E-state index contributed by atoms with van der Waals surface area (Å²) in [6.45, 7) is 5.30. The third kappa shape index (κ3) is 5.53. The summed E-state index contributed by atoms with van der Waals surface area (Å²) in [5.41, 5.74) is 4.34. The third-order valence-corrected chi connectivity index (χ3v) is 6.03. The Morgan fingerprint density at radius 1 is 1.06 bits per heavy atom. The predicted molar refractivity (Wildman–Crippen MR) is 133 cm³/mol. The summed E-state index contributed by atoms with van der Waals surface area (Å²) in [5, 5.41) is 11.3. The van der Waals surface area contributed by atoms with Crippen molar-refractivity contribution in [3.8, 4) is 0 Å². The van der Waals surface area contributed by atoms with Gasteiger partial charge in [0.25, 0.3) is 0 Å². The second-order valence-corrected chi connectivity index (χ2v) is 8.53. The van der Waals surface area contributed by atoms with Gasteiger partial charge in [-0.05, 0) is 58.6 Å². The fourth-order valence-electron chi connectivity index (χ4n) is 3.77. The monoisotopic (exact) mass is 490 g/mol. The molecule has 6 nitrogen and oxygen atoms in total. The average Bonchev–Trinajstić information content (AvgIpc) is 3.22. The molecule has 0 amide bonds. The Morgan fingerprint density at radius 3 is 2.69 bits per heavy atom. The average molecular weight is 491 g/mol. The molecule has 4 rings (SSSR count). The van der Waals surface area contributed by atoms with Crippen LogP contribution in [0.3, 0.4) is 0 Å². The molecule has 7 heteroatoms. The minimum absolute atomic E-state index is 0.299. The van der Waals surface area contributed by atoms with E-state index in [0.717, 1.165) is 53.0 Å². The van der Waals surface area contributed by atoms with Crippen LogP contribution in [0.4, 0.5) is 5.82 Å². The van der Waals surface area contributed by atoms with Gasteiger partial charge >= 0.3 is 0 Å². The normalized spacial score (nSPS) is 11.9. The molecular weight excluding hydrogens is 464 g/mol. The molecule has 32 heavy (non-hydrogen) atoms. The van der Waals surface area contributed by atoms with Gasteiger partial charge in [0.1, 0.15) is 5.82 Å². The van der Waals surface area contributed by atoms with Crippen molar-refractivity contribution in [2.75, 3.05) is 11.9 Å². The Bertz CT molecular complexity index is 1140. The molecule has 1 atom stereocenters. The zero-order chi connectivity index (χ0) is 22.2. The molecule has 0 aliphatic heterocycles. The van der Waals surface area contributed by atoms with Gasteiger partial charge in [0, 0.05) is 43.2 Å². The molecule has 164 valence electrons. The van der Waals surface area contributed by atoms with E-state index in [2.05, 4.69) is 85.7 Å². The van der Waals surface area contributed by atoms with Crippen molar-refractivity contribution in [3.63, 3.8) is 0 Å². The number of pyridine rings is 1. The number of aromatic nitrogens is 4. The van der Waals surface area contributed by atoms with Gasteiger partial charge in [-0.1, -0.05) is 43.0 Å². The summed E-state index contributed by atoms with van der Waals surface area (Å²) in [4.78, 5) is 9.20. The van der Waals surface area contributed by atoms with Gasteiger partial charge in [0.05, 0.1) is 10.7 Å². The fraction of sp³-hybridized carbons (Fsp3) is 0.240. The van der Waals surface area contributed by atoms with Crippen molar-refractivity contribution in [2.24, 2.45) is 0 Å². The number of nitrogens with zero attached hydrogens (tertiary/aromatic N) is 4. The van der Waals surface area contributed by atoms with E-state index in [1.807, 2.05) is 16.8 Å². The van der Waals surface area contributed by atoms with Gasteiger partial charge in [-0.3, -0.25) is 4.98 Å². The van der Waals surface area contributed by atoms with Crippen LogP contribution in [0.1, 0.15) is 35.6 Å². The summed E-state index contributed by atoms with van der Waals surface area (Å²) in [7, 11) is 0. The molecule has 0 bridgehead atoms. The van der Waals surface area contributed by atoms with Crippen LogP contribution in [0.2, 0.25) is 0 Å². The van der Waals surface area contributed by atoms with Gasteiger partial charge in [-0.25, -0.2) is 4.98 Å². The van der Waals surface area contributed by atoms with E-state index >= 15 is 0 Å². The lowest BCUT2D eigenvalue weighted by Crippen LogP contribution is -2.15. The standard InChI is InChI=1S/C25H27BrN6/c1-2-27-14-12-21(11-10-19-7-4-3-5-8-19)23-15-24(29-17-20-9-6-13-28-16-20)32-25(31-23)22(26)18-30-32/h2-9,13,15-16,18,21,27,29H,1,10-12,14,17H2. The minimum Gasteiger partial charge on any atom is -0.391 e. The van der Waals surface area contributed by atoms with Crippen molar-refractivity contribution in [1.82, 2.24) is 24.9 Å². The zero-order valence-electron chi connectivity index (χ0n) is 17.9. The SMILES string of the molecule is C=CNCCC(CCc1ccccc1)c1cc(NCc2cccnc2)n2ncc(Br)c2n1. The first kappa shape index (κ1) is 22.0. The van der Waals surface area contributed by atoms with E-state index in [4.69, 9.17) is 4.98 Å². The molecule has 2 N–H and O–H groups in total. The van der Waals surface area contributed by atoms with Crippen molar-refractivity contribution in [3.05, 3.63) is 101 Å². The number of hydrogen-bond acceptors (Lipinski definition) is 5. The van der Waals surface area contributed by atoms with Crippen molar-refractivity contribution in [2.45, 2.75) is 31.7 Å². The Hall–Kier alpha value is -3.19. The maximum absolute atomic E-state index is 4.99. The lowest BCUT2D eigenvalue weighted by Gasteiger charge is -2.19. The quantitative estimate of drug-likeness (QED) is 0.278. The molecular formula is C25H27BrN6. The number of halogens is 1. The lowest BCUT2D eigenvalue weighted by atomic mass is 9.93. The Labute approximate surface area is 196 Å². The van der Waals surface area contributed by atoms with Gasteiger partial charge < -0.3 is 10.6 Å². The van der Waals surface area contributed by atoms with E-state index in [1.165, 1.54) is 5.56 Å². The Balaban J connectivity index is 1.61. The first-order valence-electron chi connectivity index (χ1n) is 10.8. The molecule has 0 aliphatic rings. The molecule has 1 unspecified atom stereocenters. The lowest BCUT2D eigenvalue weighted by molar-refractivity contribution is 0.552. The number of fused-ring (bicyclic) bond motifs is 1. The number of rotatable bonds is 11. The van der Waals surface area contributed by atoms with E-state index in [9.17, 15) is 0 Å². The van der Waals surface area contributed by atoms with Crippen molar-refractivity contribution < 1.29 is 0 Å². The van der Waals surface area contributed by atoms with Crippen LogP contribution < -0.4 is 10.6 Å². The number of hydrogen-bond donors (Lipinski definition) is 2. The first-order valence-corrected chi connectivity index (χ1v) is 11.6. The molecule has 3 aromatic heterocycles. The van der Waals surface area contributed by atoms with Crippen LogP contribution in [0, 0.1) is 0 Å². The highest BCUT2D eigenvalue weighted by Gasteiger charge is 2.18. The van der Waals surface area contributed by atoms with E-state index in [0.29, 0.717) is 12.5 Å². The highest BCUT2D eigenvalue weighted by Crippen LogP contribution is 2.29. The molecule has 0 saturated carbocycles. The molecule has 0 aliphatic carbocycles. The minimum atomic E-state index is 0.299. The van der Waals surface area contributed by atoms with Crippen molar-refractivity contribution in [1.29, 1.82) is 0 Å². The van der Waals surface area contributed by atoms with E-state index in [1.54, 1.807) is 18.6 Å². The summed E-state index contributed by atoms with van der Waals surface area (Å²) in [5.74, 6) is 1.22. The summed E-state index contributed by atoms with van der Waals surface area (Å²) < 4.78 is 2.73. The van der Waals surface area contributed by atoms with Crippen molar-refractivity contribution >= 4 is 27.4 Å².